The first-order chi connectivity index (χ1) is 9.62. The smallest absolute Gasteiger partial charge is 0.256 e. The SMILES string of the molecule is C=CCN(C(=O)c1cc(OC)cc(OC)c1N)C1CC1. The van der Waals surface area contributed by atoms with E-state index in [1.54, 1.807) is 30.2 Å². The quantitative estimate of drug-likeness (QED) is 0.638. The summed E-state index contributed by atoms with van der Waals surface area (Å²) in [5.41, 5.74) is 6.77. The summed E-state index contributed by atoms with van der Waals surface area (Å²) in [5, 5.41) is 0. The average molecular weight is 276 g/mol. The zero-order valence-electron chi connectivity index (χ0n) is 11.9. The van der Waals surface area contributed by atoms with E-state index >= 15 is 0 Å². The fraction of sp³-hybridized carbons (Fsp3) is 0.400. The molecule has 1 aliphatic carbocycles. The van der Waals surface area contributed by atoms with Crippen molar-refractivity contribution in [3.05, 3.63) is 30.4 Å². The summed E-state index contributed by atoms with van der Waals surface area (Å²) in [5.74, 6) is 0.887. The van der Waals surface area contributed by atoms with E-state index in [0.717, 1.165) is 12.8 Å². The van der Waals surface area contributed by atoms with E-state index in [0.29, 0.717) is 29.3 Å². The third kappa shape index (κ3) is 2.71. The Hall–Kier alpha value is -2.17. The van der Waals surface area contributed by atoms with Crippen molar-refractivity contribution >= 4 is 11.6 Å². The highest BCUT2D eigenvalue weighted by Gasteiger charge is 2.33. The van der Waals surface area contributed by atoms with Crippen molar-refractivity contribution in [2.75, 3.05) is 26.5 Å². The van der Waals surface area contributed by atoms with Crippen LogP contribution in [0.3, 0.4) is 0 Å². The van der Waals surface area contributed by atoms with Crippen LogP contribution in [-0.2, 0) is 0 Å². The molecule has 0 spiro atoms. The number of nitrogen functional groups attached to an aromatic ring is 1. The average Bonchev–Trinajstić information content (AvgIpc) is 3.29. The lowest BCUT2D eigenvalue weighted by atomic mass is 10.1. The number of anilines is 1. The van der Waals surface area contributed by atoms with Crippen molar-refractivity contribution in [3.8, 4) is 11.5 Å². The molecule has 20 heavy (non-hydrogen) atoms. The standard InChI is InChI=1S/C15H20N2O3/c1-4-7-17(10-5-6-10)15(18)12-8-11(19-2)9-13(20-3)14(12)16/h4,8-10H,1,5-7,16H2,2-3H3. The number of hydrogen-bond donors (Lipinski definition) is 1. The second kappa shape index (κ2) is 5.86. The molecule has 0 bridgehead atoms. The Morgan fingerprint density at radius 3 is 2.65 bits per heavy atom. The van der Waals surface area contributed by atoms with Crippen molar-refractivity contribution in [3.63, 3.8) is 0 Å². The minimum absolute atomic E-state index is 0.109. The van der Waals surface area contributed by atoms with Gasteiger partial charge >= 0.3 is 0 Å². The van der Waals surface area contributed by atoms with Gasteiger partial charge in [0.2, 0.25) is 0 Å². The molecule has 1 aromatic carbocycles. The number of nitrogens with zero attached hydrogens (tertiary/aromatic N) is 1. The second-order valence-electron chi connectivity index (χ2n) is 4.77. The third-order valence-corrected chi connectivity index (χ3v) is 3.38. The maximum absolute atomic E-state index is 12.7. The Bertz CT molecular complexity index is 524. The molecule has 108 valence electrons. The molecule has 0 unspecified atom stereocenters. The minimum atomic E-state index is -0.109. The monoisotopic (exact) mass is 276 g/mol. The van der Waals surface area contributed by atoms with Gasteiger partial charge < -0.3 is 20.1 Å². The number of ether oxygens (including phenoxy) is 2. The van der Waals surface area contributed by atoms with Gasteiger partial charge in [-0.25, -0.2) is 0 Å². The van der Waals surface area contributed by atoms with Gasteiger partial charge in [-0.1, -0.05) is 6.08 Å². The van der Waals surface area contributed by atoms with E-state index in [4.69, 9.17) is 15.2 Å². The molecular weight excluding hydrogens is 256 g/mol. The van der Waals surface area contributed by atoms with E-state index in [-0.39, 0.29) is 11.9 Å². The van der Waals surface area contributed by atoms with Crippen molar-refractivity contribution < 1.29 is 14.3 Å². The summed E-state index contributed by atoms with van der Waals surface area (Å²) in [7, 11) is 3.06. The van der Waals surface area contributed by atoms with Gasteiger partial charge in [0.1, 0.15) is 11.5 Å². The number of carbonyl (C=O) groups is 1. The number of amides is 1. The summed E-state index contributed by atoms with van der Waals surface area (Å²) in [6.07, 6.45) is 3.78. The van der Waals surface area contributed by atoms with Gasteiger partial charge in [-0.3, -0.25) is 4.79 Å². The molecular formula is C15H20N2O3. The van der Waals surface area contributed by atoms with Crippen molar-refractivity contribution in [1.29, 1.82) is 0 Å². The van der Waals surface area contributed by atoms with Crippen molar-refractivity contribution in [1.82, 2.24) is 4.90 Å². The molecule has 5 heteroatoms. The Kier molecular flexibility index (Phi) is 4.17. The largest absolute Gasteiger partial charge is 0.497 e. The first kappa shape index (κ1) is 14.2. The van der Waals surface area contributed by atoms with Gasteiger partial charge in [-0.2, -0.15) is 0 Å². The fourth-order valence-electron chi connectivity index (χ4n) is 2.14. The zero-order valence-corrected chi connectivity index (χ0v) is 11.9. The molecule has 0 aliphatic heterocycles. The van der Waals surface area contributed by atoms with Crippen molar-refractivity contribution in [2.45, 2.75) is 18.9 Å². The van der Waals surface area contributed by atoms with Crippen LogP contribution in [0.4, 0.5) is 5.69 Å². The number of carbonyl (C=O) groups excluding carboxylic acids is 1. The predicted molar refractivity (Wildman–Crippen MR) is 78.2 cm³/mol. The van der Waals surface area contributed by atoms with E-state index in [1.165, 1.54) is 7.11 Å². The highest BCUT2D eigenvalue weighted by Crippen LogP contribution is 2.34. The predicted octanol–water partition coefficient (Wildman–Crippen LogP) is 2.08. The van der Waals surface area contributed by atoms with Crippen LogP contribution in [0, 0.1) is 0 Å². The van der Waals surface area contributed by atoms with Crippen LogP contribution in [-0.4, -0.2) is 37.6 Å². The lowest BCUT2D eigenvalue weighted by Crippen LogP contribution is -2.33. The Morgan fingerprint density at radius 2 is 2.15 bits per heavy atom. The molecule has 0 saturated heterocycles. The molecule has 5 nitrogen and oxygen atoms in total. The number of rotatable bonds is 6. The molecule has 1 aliphatic rings. The molecule has 0 aromatic heterocycles. The molecule has 1 saturated carbocycles. The van der Waals surface area contributed by atoms with E-state index < -0.39 is 0 Å². The van der Waals surface area contributed by atoms with Crippen LogP contribution in [0.2, 0.25) is 0 Å². The summed E-state index contributed by atoms with van der Waals surface area (Å²) in [6.45, 7) is 4.22. The fourth-order valence-corrected chi connectivity index (χ4v) is 2.14. The van der Waals surface area contributed by atoms with E-state index in [2.05, 4.69) is 6.58 Å². The van der Waals surface area contributed by atoms with Crippen LogP contribution >= 0.6 is 0 Å². The molecule has 2 rings (SSSR count). The maximum Gasteiger partial charge on any atom is 0.256 e. The number of benzene rings is 1. The summed E-state index contributed by atoms with van der Waals surface area (Å²) in [4.78, 5) is 14.4. The first-order valence-corrected chi connectivity index (χ1v) is 6.55. The van der Waals surface area contributed by atoms with Crippen LogP contribution < -0.4 is 15.2 Å². The minimum Gasteiger partial charge on any atom is -0.497 e. The molecule has 0 atom stereocenters. The van der Waals surface area contributed by atoms with Gasteiger partial charge in [-0.15, -0.1) is 6.58 Å². The van der Waals surface area contributed by atoms with E-state index in [9.17, 15) is 4.79 Å². The first-order valence-electron chi connectivity index (χ1n) is 6.55. The maximum atomic E-state index is 12.7. The molecule has 1 amide bonds. The van der Waals surface area contributed by atoms with Gasteiger partial charge in [-0.05, 0) is 18.9 Å². The number of methoxy groups -OCH3 is 2. The highest BCUT2D eigenvalue weighted by atomic mass is 16.5. The van der Waals surface area contributed by atoms with E-state index in [1.807, 2.05) is 0 Å². The third-order valence-electron chi connectivity index (χ3n) is 3.38. The molecule has 1 aromatic rings. The van der Waals surface area contributed by atoms with Crippen LogP contribution in [0.1, 0.15) is 23.2 Å². The van der Waals surface area contributed by atoms with Crippen LogP contribution in [0.5, 0.6) is 11.5 Å². The Balaban J connectivity index is 2.38. The number of nitrogens with two attached hydrogens (primary N) is 1. The molecule has 2 N–H and O–H groups in total. The number of hydrogen-bond acceptors (Lipinski definition) is 4. The van der Waals surface area contributed by atoms with Gasteiger partial charge in [0.15, 0.2) is 0 Å². The summed E-state index contributed by atoms with van der Waals surface area (Å²) >= 11 is 0. The molecule has 1 fully saturated rings. The molecule has 0 heterocycles. The van der Waals surface area contributed by atoms with Crippen LogP contribution in [0.15, 0.2) is 24.8 Å². The lowest BCUT2D eigenvalue weighted by Gasteiger charge is -2.22. The Morgan fingerprint density at radius 1 is 1.45 bits per heavy atom. The summed E-state index contributed by atoms with van der Waals surface area (Å²) < 4.78 is 10.4. The van der Waals surface area contributed by atoms with Crippen LogP contribution in [0.25, 0.3) is 0 Å². The second-order valence-corrected chi connectivity index (χ2v) is 4.77. The molecule has 0 radical (unpaired) electrons. The summed E-state index contributed by atoms with van der Waals surface area (Å²) in [6, 6.07) is 3.61. The highest BCUT2D eigenvalue weighted by molar-refractivity contribution is 6.01. The topological polar surface area (TPSA) is 64.8 Å². The van der Waals surface area contributed by atoms with Gasteiger partial charge in [0.05, 0.1) is 25.5 Å². The van der Waals surface area contributed by atoms with Gasteiger partial charge in [0, 0.05) is 18.7 Å². The normalized spacial score (nSPS) is 13.7. The lowest BCUT2D eigenvalue weighted by molar-refractivity contribution is 0.0763. The zero-order chi connectivity index (χ0) is 14.7. The van der Waals surface area contributed by atoms with Gasteiger partial charge in [0.25, 0.3) is 5.91 Å². The Labute approximate surface area is 119 Å². The van der Waals surface area contributed by atoms with Crippen molar-refractivity contribution in [2.24, 2.45) is 0 Å².